The Labute approximate surface area is 112 Å². The highest BCUT2D eigenvalue weighted by Crippen LogP contribution is 2.34. The second-order valence-corrected chi connectivity index (χ2v) is 6.45. The van der Waals surface area contributed by atoms with Crippen LogP contribution in [0.1, 0.15) is 19.3 Å². The molecule has 0 aliphatic heterocycles. The van der Waals surface area contributed by atoms with Crippen molar-refractivity contribution in [1.82, 2.24) is 9.71 Å². The number of ether oxygens (including phenoxy) is 1. The van der Waals surface area contributed by atoms with Crippen molar-refractivity contribution in [1.29, 1.82) is 0 Å². The van der Waals surface area contributed by atoms with Gasteiger partial charge in [-0.25, -0.2) is 18.1 Å². The largest absolute Gasteiger partial charge is 0.377 e. The van der Waals surface area contributed by atoms with E-state index >= 15 is 0 Å². The van der Waals surface area contributed by atoms with Crippen molar-refractivity contribution in [2.45, 2.75) is 29.8 Å². The quantitative estimate of drug-likeness (QED) is 0.836. The molecule has 1 heterocycles. The summed E-state index contributed by atoms with van der Waals surface area (Å²) in [5.41, 5.74) is -0.359. The van der Waals surface area contributed by atoms with E-state index in [1.54, 1.807) is 7.11 Å². The molecule has 1 aliphatic rings. The van der Waals surface area contributed by atoms with Gasteiger partial charge in [-0.15, -0.1) is 0 Å². The first-order valence-corrected chi connectivity index (χ1v) is 7.51. The predicted molar refractivity (Wildman–Crippen MR) is 68.0 cm³/mol. The molecule has 0 amide bonds. The lowest BCUT2D eigenvalue weighted by molar-refractivity contribution is -0.0659. The second kappa shape index (κ2) is 5.13. The molecule has 18 heavy (non-hydrogen) atoms. The summed E-state index contributed by atoms with van der Waals surface area (Å²) in [7, 11) is -2.03. The molecule has 0 radical (unpaired) electrons. The molecule has 0 unspecified atom stereocenters. The minimum Gasteiger partial charge on any atom is -0.377 e. The fraction of sp³-hybridized carbons (Fsp3) is 0.545. The molecular weight excluding hydrogens is 276 g/mol. The van der Waals surface area contributed by atoms with Crippen LogP contribution in [0.2, 0.25) is 5.15 Å². The maximum atomic E-state index is 12.1. The Morgan fingerprint density at radius 3 is 2.78 bits per heavy atom. The third kappa shape index (κ3) is 2.66. The van der Waals surface area contributed by atoms with Gasteiger partial charge in [-0.05, 0) is 31.4 Å². The topological polar surface area (TPSA) is 68.3 Å². The van der Waals surface area contributed by atoms with Gasteiger partial charge in [0.25, 0.3) is 0 Å². The molecule has 1 aromatic heterocycles. The average molecular weight is 291 g/mol. The number of pyridine rings is 1. The van der Waals surface area contributed by atoms with E-state index in [0.717, 1.165) is 19.3 Å². The summed E-state index contributed by atoms with van der Waals surface area (Å²) in [6.45, 7) is 0.261. The number of rotatable bonds is 5. The standard InChI is InChI=1S/C11H15ClN2O3S/c1-17-11(5-3-6-11)8-14-18(15,16)9-4-2-7-13-10(9)12/h2,4,7,14H,3,5-6,8H2,1H3. The lowest BCUT2D eigenvalue weighted by atomic mass is 9.80. The fourth-order valence-corrected chi connectivity index (χ4v) is 3.47. The third-order valence-electron chi connectivity index (χ3n) is 3.30. The predicted octanol–water partition coefficient (Wildman–Crippen LogP) is 1.58. The van der Waals surface area contributed by atoms with E-state index in [-0.39, 0.29) is 22.2 Å². The Hall–Kier alpha value is -0.690. The van der Waals surface area contributed by atoms with Gasteiger partial charge in [0.2, 0.25) is 10.0 Å². The van der Waals surface area contributed by atoms with Crippen LogP contribution in [-0.4, -0.2) is 32.7 Å². The maximum absolute atomic E-state index is 12.1. The minimum absolute atomic E-state index is 0.00255. The summed E-state index contributed by atoms with van der Waals surface area (Å²) >= 11 is 5.78. The van der Waals surface area contributed by atoms with Gasteiger partial charge in [-0.2, -0.15) is 0 Å². The Balaban J connectivity index is 2.11. The van der Waals surface area contributed by atoms with E-state index in [9.17, 15) is 8.42 Å². The number of halogens is 1. The highest BCUT2D eigenvalue weighted by atomic mass is 35.5. The smallest absolute Gasteiger partial charge is 0.243 e. The summed E-state index contributed by atoms with van der Waals surface area (Å²) in [4.78, 5) is 3.76. The first-order chi connectivity index (χ1) is 8.49. The summed E-state index contributed by atoms with van der Waals surface area (Å²) < 4.78 is 32.0. The van der Waals surface area contributed by atoms with Crippen LogP contribution >= 0.6 is 11.6 Å². The molecule has 0 spiro atoms. The molecule has 5 nitrogen and oxygen atoms in total. The number of aromatic nitrogens is 1. The van der Waals surface area contributed by atoms with E-state index in [1.165, 1.54) is 18.3 Å². The molecule has 0 bridgehead atoms. The number of hydrogen-bond donors (Lipinski definition) is 1. The van der Waals surface area contributed by atoms with E-state index in [2.05, 4.69) is 9.71 Å². The number of hydrogen-bond acceptors (Lipinski definition) is 4. The van der Waals surface area contributed by atoms with Crippen molar-refractivity contribution in [3.8, 4) is 0 Å². The summed E-state index contributed by atoms with van der Waals surface area (Å²) in [6, 6.07) is 2.97. The van der Waals surface area contributed by atoms with Crippen LogP contribution in [0.4, 0.5) is 0 Å². The molecule has 7 heteroatoms. The lowest BCUT2D eigenvalue weighted by Crippen LogP contribution is -2.49. The highest BCUT2D eigenvalue weighted by molar-refractivity contribution is 7.89. The molecule has 100 valence electrons. The molecule has 1 fully saturated rings. The lowest BCUT2D eigenvalue weighted by Gasteiger charge is -2.40. The molecule has 0 aromatic carbocycles. The molecule has 1 aromatic rings. The molecule has 1 aliphatic carbocycles. The summed E-state index contributed by atoms with van der Waals surface area (Å²) in [5, 5.41) is -0.0231. The van der Waals surface area contributed by atoms with Crippen molar-refractivity contribution in [3.63, 3.8) is 0 Å². The van der Waals surface area contributed by atoms with Gasteiger partial charge in [0.15, 0.2) is 0 Å². The van der Waals surface area contributed by atoms with Crippen LogP contribution in [0.25, 0.3) is 0 Å². The zero-order chi connectivity index (χ0) is 13.2. The number of sulfonamides is 1. The zero-order valence-corrected chi connectivity index (χ0v) is 11.6. The molecule has 1 N–H and O–H groups in total. The SMILES string of the molecule is COC1(CNS(=O)(=O)c2cccnc2Cl)CCC1. The number of nitrogens with one attached hydrogen (secondary N) is 1. The average Bonchev–Trinajstić information content (AvgIpc) is 2.28. The van der Waals surface area contributed by atoms with Crippen LogP contribution in [0.3, 0.4) is 0 Å². The first-order valence-electron chi connectivity index (χ1n) is 5.64. The third-order valence-corrected chi connectivity index (χ3v) is 5.14. The maximum Gasteiger partial charge on any atom is 0.243 e. The molecular formula is C11H15ClN2O3S. The number of nitrogens with zero attached hydrogens (tertiary/aromatic N) is 1. The van der Waals surface area contributed by atoms with Crippen LogP contribution < -0.4 is 4.72 Å². The van der Waals surface area contributed by atoms with Crippen LogP contribution in [0.5, 0.6) is 0 Å². The monoisotopic (exact) mass is 290 g/mol. The Morgan fingerprint density at radius 1 is 1.56 bits per heavy atom. The summed E-state index contributed by atoms with van der Waals surface area (Å²) in [6.07, 6.45) is 4.24. The zero-order valence-electron chi connectivity index (χ0n) is 10.0. The Bertz CT molecular complexity index is 523. The molecule has 2 rings (SSSR count). The van der Waals surface area contributed by atoms with Crippen LogP contribution in [0, 0.1) is 0 Å². The van der Waals surface area contributed by atoms with Gasteiger partial charge >= 0.3 is 0 Å². The van der Waals surface area contributed by atoms with Crippen molar-refractivity contribution in [3.05, 3.63) is 23.5 Å². The minimum atomic E-state index is -3.63. The van der Waals surface area contributed by atoms with E-state index in [4.69, 9.17) is 16.3 Å². The van der Waals surface area contributed by atoms with Gasteiger partial charge in [0.05, 0.1) is 5.60 Å². The van der Waals surface area contributed by atoms with Crippen LogP contribution in [-0.2, 0) is 14.8 Å². The highest BCUT2D eigenvalue weighted by Gasteiger charge is 2.38. The van der Waals surface area contributed by atoms with Gasteiger partial charge in [-0.1, -0.05) is 11.6 Å². The van der Waals surface area contributed by atoms with E-state index in [0.29, 0.717) is 0 Å². The van der Waals surface area contributed by atoms with Crippen LogP contribution in [0.15, 0.2) is 23.2 Å². The van der Waals surface area contributed by atoms with E-state index < -0.39 is 10.0 Å². The molecule has 0 saturated heterocycles. The van der Waals surface area contributed by atoms with E-state index in [1.807, 2.05) is 0 Å². The van der Waals surface area contributed by atoms with Gasteiger partial charge in [-0.3, -0.25) is 0 Å². The van der Waals surface area contributed by atoms with Crippen molar-refractivity contribution < 1.29 is 13.2 Å². The molecule has 0 atom stereocenters. The van der Waals surface area contributed by atoms with Gasteiger partial charge in [0, 0.05) is 19.9 Å². The van der Waals surface area contributed by atoms with Gasteiger partial charge < -0.3 is 4.74 Å². The molecule has 1 saturated carbocycles. The van der Waals surface area contributed by atoms with Gasteiger partial charge in [0.1, 0.15) is 10.0 Å². The van der Waals surface area contributed by atoms with Crippen molar-refractivity contribution in [2.75, 3.05) is 13.7 Å². The first kappa shape index (κ1) is 13.7. The fourth-order valence-electron chi connectivity index (χ4n) is 1.90. The van der Waals surface area contributed by atoms with Crippen molar-refractivity contribution >= 4 is 21.6 Å². The normalized spacial score (nSPS) is 18.3. The number of methoxy groups -OCH3 is 1. The van der Waals surface area contributed by atoms with Crippen molar-refractivity contribution in [2.24, 2.45) is 0 Å². The Kier molecular flexibility index (Phi) is 3.91. The second-order valence-electron chi connectivity index (χ2n) is 4.36. The Morgan fingerprint density at radius 2 is 2.28 bits per heavy atom. The summed E-state index contributed by atoms with van der Waals surface area (Å²) in [5.74, 6) is 0.